The van der Waals surface area contributed by atoms with Crippen molar-refractivity contribution < 1.29 is 0 Å². The van der Waals surface area contributed by atoms with E-state index in [2.05, 4.69) is 28.6 Å². The average molecular weight is 213 g/mol. The van der Waals surface area contributed by atoms with Crippen LogP contribution < -0.4 is 10.6 Å². The molecular weight excluding hydrogens is 198 g/mol. The molecule has 1 heterocycles. The first-order valence-electron chi connectivity index (χ1n) is 5.41. The molecule has 2 N–H and O–H groups in total. The van der Waals surface area contributed by atoms with Gasteiger partial charge in [0.25, 0.3) is 0 Å². The van der Waals surface area contributed by atoms with Crippen LogP contribution in [0.5, 0.6) is 0 Å². The highest BCUT2D eigenvalue weighted by molar-refractivity contribution is 5.72. The van der Waals surface area contributed by atoms with Gasteiger partial charge in [0.1, 0.15) is 5.82 Å². The Hall–Kier alpha value is -2.03. The van der Waals surface area contributed by atoms with E-state index in [0.29, 0.717) is 0 Å². The minimum Gasteiger partial charge on any atom is -0.384 e. The lowest BCUT2D eigenvalue weighted by Crippen LogP contribution is -2.01. The van der Waals surface area contributed by atoms with E-state index >= 15 is 0 Å². The summed E-state index contributed by atoms with van der Waals surface area (Å²) in [7, 11) is 0. The molecule has 0 saturated carbocycles. The fourth-order valence-corrected chi connectivity index (χ4v) is 1.51. The number of nitrogens with one attached hydrogen (secondary N) is 2. The smallest absolute Gasteiger partial charge is 0.130 e. The number of para-hydroxylation sites is 2. The van der Waals surface area contributed by atoms with Crippen LogP contribution in [-0.2, 0) is 0 Å². The molecule has 2 aromatic rings. The lowest BCUT2D eigenvalue weighted by molar-refractivity contribution is 1.21. The highest BCUT2D eigenvalue weighted by atomic mass is 15.0. The van der Waals surface area contributed by atoms with E-state index in [9.17, 15) is 0 Å². The summed E-state index contributed by atoms with van der Waals surface area (Å²) in [5.74, 6) is 0.854. The molecule has 0 radical (unpaired) electrons. The summed E-state index contributed by atoms with van der Waals surface area (Å²) in [6, 6.07) is 13.9. The standard InChI is InChI=1S/C13H15N3/c1-2-14-11-7-3-4-8-12(11)16-13-9-5-6-10-15-13/h3-10,14H,2H2,1H3,(H,15,16). The summed E-state index contributed by atoms with van der Waals surface area (Å²) in [6.07, 6.45) is 1.78. The molecule has 0 amide bonds. The largest absolute Gasteiger partial charge is 0.384 e. The summed E-state index contributed by atoms with van der Waals surface area (Å²) < 4.78 is 0. The summed E-state index contributed by atoms with van der Waals surface area (Å²) in [5, 5.41) is 6.59. The Bertz CT molecular complexity index is 440. The predicted octanol–water partition coefficient (Wildman–Crippen LogP) is 3.26. The van der Waals surface area contributed by atoms with Crippen molar-refractivity contribution >= 4 is 17.2 Å². The van der Waals surface area contributed by atoms with Crippen LogP contribution in [0.15, 0.2) is 48.7 Å². The van der Waals surface area contributed by atoms with Gasteiger partial charge in [-0.15, -0.1) is 0 Å². The number of hydrogen-bond acceptors (Lipinski definition) is 3. The third kappa shape index (κ3) is 2.51. The fraction of sp³-hybridized carbons (Fsp3) is 0.154. The maximum Gasteiger partial charge on any atom is 0.130 e. The van der Waals surface area contributed by atoms with Crippen LogP contribution in [0.3, 0.4) is 0 Å². The second-order valence-electron chi connectivity index (χ2n) is 3.42. The van der Waals surface area contributed by atoms with Crippen molar-refractivity contribution in [3.63, 3.8) is 0 Å². The first-order valence-corrected chi connectivity index (χ1v) is 5.41. The highest BCUT2D eigenvalue weighted by Crippen LogP contribution is 2.23. The van der Waals surface area contributed by atoms with Gasteiger partial charge in [0.05, 0.1) is 11.4 Å². The second kappa shape index (κ2) is 5.16. The van der Waals surface area contributed by atoms with Gasteiger partial charge in [0.15, 0.2) is 0 Å². The summed E-state index contributed by atoms with van der Waals surface area (Å²) >= 11 is 0. The van der Waals surface area contributed by atoms with Gasteiger partial charge in [-0.3, -0.25) is 0 Å². The minimum atomic E-state index is 0.854. The first-order chi connectivity index (χ1) is 7.90. The number of hydrogen-bond donors (Lipinski definition) is 2. The normalized spacial score (nSPS) is 9.81. The predicted molar refractivity (Wildman–Crippen MR) is 68.1 cm³/mol. The van der Waals surface area contributed by atoms with Crippen molar-refractivity contribution in [1.29, 1.82) is 0 Å². The quantitative estimate of drug-likeness (QED) is 0.818. The number of pyridine rings is 1. The lowest BCUT2D eigenvalue weighted by atomic mass is 10.2. The third-order valence-electron chi connectivity index (χ3n) is 2.22. The van der Waals surface area contributed by atoms with Crippen molar-refractivity contribution in [3.05, 3.63) is 48.7 Å². The van der Waals surface area contributed by atoms with E-state index in [1.807, 2.05) is 36.4 Å². The van der Waals surface area contributed by atoms with Crippen LogP contribution in [0, 0.1) is 0 Å². The highest BCUT2D eigenvalue weighted by Gasteiger charge is 2.00. The van der Waals surface area contributed by atoms with E-state index < -0.39 is 0 Å². The minimum absolute atomic E-state index is 0.854. The van der Waals surface area contributed by atoms with Gasteiger partial charge in [-0.2, -0.15) is 0 Å². The Morgan fingerprint density at radius 2 is 1.75 bits per heavy atom. The molecule has 82 valence electrons. The Kier molecular flexibility index (Phi) is 3.38. The van der Waals surface area contributed by atoms with E-state index in [4.69, 9.17) is 0 Å². The van der Waals surface area contributed by atoms with Crippen molar-refractivity contribution in [2.24, 2.45) is 0 Å². The van der Waals surface area contributed by atoms with Gasteiger partial charge in [-0.05, 0) is 31.2 Å². The van der Waals surface area contributed by atoms with E-state index in [-0.39, 0.29) is 0 Å². The molecule has 0 aliphatic rings. The number of benzene rings is 1. The molecule has 0 saturated heterocycles. The molecule has 2 rings (SSSR count). The zero-order valence-electron chi connectivity index (χ0n) is 9.27. The van der Waals surface area contributed by atoms with Crippen molar-refractivity contribution in [2.75, 3.05) is 17.2 Å². The molecule has 16 heavy (non-hydrogen) atoms. The zero-order valence-corrected chi connectivity index (χ0v) is 9.27. The van der Waals surface area contributed by atoms with Crippen LogP contribution in [0.4, 0.5) is 17.2 Å². The van der Waals surface area contributed by atoms with E-state index in [0.717, 1.165) is 23.7 Å². The Labute approximate surface area is 95.5 Å². The zero-order chi connectivity index (χ0) is 11.2. The number of aromatic nitrogens is 1. The second-order valence-corrected chi connectivity index (χ2v) is 3.42. The molecule has 0 fully saturated rings. The Morgan fingerprint density at radius 3 is 2.44 bits per heavy atom. The number of nitrogens with zero attached hydrogens (tertiary/aromatic N) is 1. The van der Waals surface area contributed by atoms with Gasteiger partial charge in [-0.1, -0.05) is 18.2 Å². The summed E-state index contributed by atoms with van der Waals surface area (Å²) in [4.78, 5) is 4.24. The topological polar surface area (TPSA) is 37.0 Å². The molecule has 3 heteroatoms. The molecule has 0 bridgehead atoms. The van der Waals surface area contributed by atoms with Crippen LogP contribution >= 0.6 is 0 Å². The monoisotopic (exact) mass is 213 g/mol. The third-order valence-corrected chi connectivity index (χ3v) is 2.22. The van der Waals surface area contributed by atoms with Crippen LogP contribution in [-0.4, -0.2) is 11.5 Å². The van der Waals surface area contributed by atoms with E-state index in [1.54, 1.807) is 6.20 Å². The van der Waals surface area contributed by atoms with Crippen molar-refractivity contribution in [2.45, 2.75) is 6.92 Å². The molecule has 3 nitrogen and oxygen atoms in total. The Morgan fingerprint density at radius 1 is 1.00 bits per heavy atom. The summed E-state index contributed by atoms with van der Waals surface area (Å²) in [6.45, 7) is 2.98. The molecule has 0 atom stereocenters. The molecule has 0 spiro atoms. The first kappa shape index (κ1) is 10.5. The SMILES string of the molecule is CCNc1ccccc1Nc1ccccn1. The molecule has 0 aliphatic heterocycles. The molecular formula is C13H15N3. The molecule has 0 aliphatic carbocycles. The molecule has 1 aromatic heterocycles. The molecule has 0 unspecified atom stereocenters. The van der Waals surface area contributed by atoms with Crippen molar-refractivity contribution in [3.8, 4) is 0 Å². The summed E-state index contributed by atoms with van der Waals surface area (Å²) in [5.41, 5.74) is 2.14. The van der Waals surface area contributed by atoms with Gasteiger partial charge in [0.2, 0.25) is 0 Å². The van der Waals surface area contributed by atoms with Crippen LogP contribution in [0.1, 0.15) is 6.92 Å². The van der Waals surface area contributed by atoms with Gasteiger partial charge in [-0.25, -0.2) is 4.98 Å². The maximum atomic E-state index is 4.24. The van der Waals surface area contributed by atoms with Gasteiger partial charge < -0.3 is 10.6 Å². The number of rotatable bonds is 4. The maximum absolute atomic E-state index is 4.24. The molecule has 1 aromatic carbocycles. The van der Waals surface area contributed by atoms with Crippen molar-refractivity contribution in [1.82, 2.24) is 4.98 Å². The van der Waals surface area contributed by atoms with Gasteiger partial charge >= 0.3 is 0 Å². The van der Waals surface area contributed by atoms with Crippen LogP contribution in [0.2, 0.25) is 0 Å². The average Bonchev–Trinajstić information content (AvgIpc) is 2.33. The Balaban J connectivity index is 2.21. The number of anilines is 3. The fourth-order valence-electron chi connectivity index (χ4n) is 1.51. The van der Waals surface area contributed by atoms with Gasteiger partial charge in [0, 0.05) is 12.7 Å². The lowest BCUT2D eigenvalue weighted by Gasteiger charge is -2.11. The van der Waals surface area contributed by atoms with Crippen LogP contribution in [0.25, 0.3) is 0 Å². The van der Waals surface area contributed by atoms with E-state index in [1.165, 1.54) is 0 Å².